The summed E-state index contributed by atoms with van der Waals surface area (Å²) < 4.78 is 31.1. The van der Waals surface area contributed by atoms with Crippen LogP contribution < -0.4 is 10.0 Å². The maximum Gasteiger partial charge on any atom is 0.416 e. The number of hydrogen-bond donors (Lipinski definition) is 2. The minimum Gasteiger partial charge on any atom is -0.415 e. The average molecular weight is 599 g/mol. The maximum atomic E-state index is 12.7. The molecule has 0 radical (unpaired) electrons. The third-order valence-corrected chi connectivity index (χ3v) is 12.7. The van der Waals surface area contributed by atoms with Gasteiger partial charge in [-0.2, -0.15) is 0 Å². The number of nitrogens with one attached hydrogen (secondary N) is 2. The third-order valence-electron chi connectivity index (χ3n) is 12.1. The Morgan fingerprint density at radius 2 is 1.64 bits per heavy atom. The number of allylic oxidation sites excluding steroid dienone is 2. The quantitative estimate of drug-likeness (QED) is 0.297. The van der Waals surface area contributed by atoms with E-state index in [0.717, 1.165) is 60.4 Å². The molecule has 234 valence electrons. The second-order valence-corrected chi connectivity index (χ2v) is 17.0. The van der Waals surface area contributed by atoms with Crippen molar-refractivity contribution in [1.82, 2.24) is 0 Å². The van der Waals surface area contributed by atoms with E-state index in [1.807, 2.05) is 0 Å². The highest BCUT2D eigenvalue weighted by molar-refractivity contribution is 7.92. The Hall–Kier alpha value is -2.02. The smallest absolute Gasteiger partial charge is 0.415 e. The van der Waals surface area contributed by atoms with Crippen molar-refractivity contribution in [1.29, 1.82) is 0 Å². The molecule has 8 atom stereocenters. The highest BCUT2D eigenvalue weighted by Gasteiger charge is 2.60. The molecule has 3 fully saturated rings. The average Bonchev–Trinajstić information content (AvgIpc) is 3.26. The lowest BCUT2D eigenvalue weighted by Gasteiger charge is -2.60. The Kier molecular flexibility index (Phi) is 9.10. The van der Waals surface area contributed by atoms with Crippen LogP contribution in [-0.2, 0) is 14.8 Å². The van der Waals surface area contributed by atoms with Crippen molar-refractivity contribution in [2.75, 3.05) is 16.3 Å². The molecule has 0 aromatic heterocycles. The second kappa shape index (κ2) is 12.2. The van der Waals surface area contributed by atoms with Crippen LogP contribution in [0.3, 0.4) is 0 Å². The lowest BCUT2D eigenvalue weighted by molar-refractivity contribution is -0.104. The van der Waals surface area contributed by atoms with Crippen LogP contribution in [0.4, 0.5) is 16.2 Å². The predicted octanol–water partition coefficient (Wildman–Crippen LogP) is 9.22. The summed E-state index contributed by atoms with van der Waals surface area (Å²) in [4.78, 5) is 12.7. The first-order valence-corrected chi connectivity index (χ1v) is 18.4. The Morgan fingerprint density at radius 1 is 0.952 bits per heavy atom. The predicted molar refractivity (Wildman–Crippen MR) is 172 cm³/mol. The number of fused-ring (bicyclic) bond motifs is 5. The highest BCUT2D eigenvalue weighted by Crippen LogP contribution is 2.68. The molecule has 7 heteroatoms. The molecule has 4 aliphatic rings. The first-order valence-electron chi connectivity index (χ1n) is 16.5. The van der Waals surface area contributed by atoms with E-state index in [1.54, 1.807) is 24.3 Å². The Morgan fingerprint density at radius 3 is 2.33 bits per heavy atom. The molecule has 42 heavy (non-hydrogen) atoms. The lowest BCUT2D eigenvalue weighted by atomic mass is 9.45. The van der Waals surface area contributed by atoms with Crippen molar-refractivity contribution in [3.8, 4) is 0 Å². The van der Waals surface area contributed by atoms with Gasteiger partial charge in [-0.1, -0.05) is 53.9 Å². The van der Waals surface area contributed by atoms with Gasteiger partial charge in [0.15, 0.2) is 0 Å². The van der Waals surface area contributed by atoms with Crippen LogP contribution in [-0.4, -0.2) is 20.8 Å². The van der Waals surface area contributed by atoms with Gasteiger partial charge in [-0.05, 0) is 128 Å². The van der Waals surface area contributed by atoms with Crippen molar-refractivity contribution < 1.29 is 17.9 Å². The molecule has 1 aromatic rings. The molecule has 0 saturated heterocycles. The van der Waals surface area contributed by atoms with Gasteiger partial charge in [0.05, 0.1) is 6.26 Å². The van der Waals surface area contributed by atoms with Crippen LogP contribution >= 0.6 is 0 Å². The molecule has 5 rings (SSSR count). The number of rotatable bonds is 9. The minimum atomic E-state index is -3.34. The van der Waals surface area contributed by atoms with E-state index in [1.165, 1.54) is 57.8 Å². The number of amides is 1. The summed E-state index contributed by atoms with van der Waals surface area (Å²) >= 11 is 0. The molecule has 0 heterocycles. The second-order valence-electron chi connectivity index (χ2n) is 15.2. The Bertz CT molecular complexity index is 1260. The summed E-state index contributed by atoms with van der Waals surface area (Å²) in [6.45, 7) is 12.5. The number of carbonyl (C=O) groups excluding carboxylic acids is 1. The molecule has 4 unspecified atom stereocenters. The number of benzene rings is 1. The van der Waals surface area contributed by atoms with Gasteiger partial charge in [0.1, 0.15) is 5.76 Å². The van der Waals surface area contributed by atoms with Crippen LogP contribution in [0.1, 0.15) is 105 Å². The van der Waals surface area contributed by atoms with Crippen LogP contribution in [0.15, 0.2) is 36.1 Å². The minimum absolute atomic E-state index is 0.289. The molecular weight excluding hydrogens is 544 g/mol. The monoisotopic (exact) mass is 598 g/mol. The first-order chi connectivity index (χ1) is 19.8. The van der Waals surface area contributed by atoms with Crippen LogP contribution in [0.25, 0.3) is 0 Å². The number of sulfonamides is 1. The molecule has 2 N–H and O–H groups in total. The van der Waals surface area contributed by atoms with Gasteiger partial charge in [0, 0.05) is 17.8 Å². The zero-order chi connectivity index (χ0) is 30.3. The van der Waals surface area contributed by atoms with Gasteiger partial charge >= 0.3 is 6.09 Å². The molecule has 6 nitrogen and oxygen atoms in total. The summed E-state index contributed by atoms with van der Waals surface area (Å²) in [5, 5.41) is 2.79. The van der Waals surface area contributed by atoms with Crippen LogP contribution in [0.5, 0.6) is 0 Å². The van der Waals surface area contributed by atoms with Gasteiger partial charge in [-0.15, -0.1) is 0 Å². The summed E-state index contributed by atoms with van der Waals surface area (Å²) in [5.41, 5.74) is 1.82. The first kappa shape index (κ1) is 31.4. The fourth-order valence-corrected chi connectivity index (χ4v) is 10.6. The van der Waals surface area contributed by atoms with Crippen molar-refractivity contribution in [2.24, 2.45) is 52.3 Å². The van der Waals surface area contributed by atoms with Gasteiger partial charge in [0.25, 0.3) is 0 Å². The molecule has 3 saturated carbocycles. The van der Waals surface area contributed by atoms with E-state index in [9.17, 15) is 13.2 Å². The van der Waals surface area contributed by atoms with Crippen molar-refractivity contribution in [3.63, 3.8) is 0 Å². The van der Waals surface area contributed by atoms with Gasteiger partial charge < -0.3 is 4.74 Å². The molecule has 1 aromatic carbocycles. The molecule has 0 spiro atoms. The topological polar surface area (TPSA) is 84.5 Å². The lowest BCUT2D eigenvalue weighted by Crippen LogP contribution is -2.53. The van der Waals surface area contributed by atoms with E-state index >= 15 is 0 Å². The summed E-state index contributed by atoms with van der Waals surface area (Å²) in [7, 11) is -3.34. The van der Waals surface area contributed by atoms with Crippen molar-refractivity contribution in [3.05, 3.63) is 36.1 Å². The van der Waals surface area contributed by atoms with E-state index in [4.69, 9.17) is 4.74 Å². The number of carbonyl (C=O) groups is 1. The maximum absolute atomic E-state index is 12.7. The molecule has 0 bridgehead atoms. The fraction of sp³-hybridized carbons (Fsp3) is 0.743. The zero-order valence-corrected chi connectivity index (χ0v) is 27.6. The number of ether oxygens (including phenoxy) is 1. The molecular formula is C35H54N2O4S. The summed E-state index contributed by atoms with van der Waals surface area (Å²) in [5.74, 6) is 6.38. The third kappa shape index (κ3) is 6.56. The largest absolute Gasteiger partial charge is 0.416 e. The highest BCUT2D eigenvalue weighted by atomic mass is 32.2. The summed E-state index contributed by atoms with van der Waals surface area (Å²) in [6, 6.07) is 6.57. The van der Waals surface area contributed by atoms with E-state index in [0.29, 0.717) is 22.7 Å². The molecule has 1 amide bonds. The zero-order valence-electron chi connectivity index (χ0n) is 26.7. The van der Waals surface area contributed by atoms with Crippen molar-refractivity contribution in [2.45, 2.75) is 105 Å². The van der Waals surface area contributed by atoms with Crippen LogP contribution in [0.2, 0.25) is 0 Å². The standard InChI is InChI=1S/C35H54N2O4S/c1-23(2)8-7-9-24(3)30-16-17-31-29-15-10-25-22-28(18-20-34(25,4)32(29)19-21-35(30,31)5)41-33(38)36-26-11-13-27(14-12-26)37-42(6,39)40/h11-14,18,23-25,29-32,37H,7-10,15-17,19-22H2,1-6H3,(H,36,38)/t24-,25?,29?,30-,31?,32?,34+,35-/m1/s1. The van der Waals surface area contributed by atoms with Crippen LogP contribution in [0, 0.1) is 52.3 Å². The normalized spacial score (nSPS) is 34.9. The van der Waals surface area contributed by atoms with Crippen molar-refractivity contribution >= 4 is 27.5 Å². The number of hydrogen-bond acceptors (Lipinski definition) is 4. The molecule has 4 aliphatic carbocycles. The molecule has 0 aliphatic heterocycles. The van der Waals surface area contributed by atoms with Gasteiger partial charge in [-0.25, -0.2) is 13.2 Å². The summed E-state index contributed by atoms with van der Waals surface area (Å²) in [6.07, 6.45) is 16.9. The Balaban J connectivity index is 1.19. The fourth-order valence-electron chi connectivity index (χ4n) is 10.1. The Labute approximate surface area is 254 Å². The van der Waals surface area contributed by atoms with E-state index in [-0.39, 0.29) is 5.41 Å². The SMILES string of the molecule is CC(C)CCC[C@@H](C)[C@H]1CCC2C3CCC4CC(OC(=O)Nc5ccc(NS(C)(=O)=O)cc5)=CC[C@]4(C)C3CC[C@@]21C. The number of anilines is 2. The van der Waals surface area contributed by atoms with E-state index < -0.39 is 16.1 Å². The van der Waals surface area contributed by atoms with Gasteiger partial charge in [0.2, 0.25) is 10.0 Å². The van der Waals surface area contributed by atoms with E-state index in [2.05, 4.69) is 50.7 Å². The van der Waals surface area contributed by atoms with Gasteiger partial charge in [-0.3, -0.25) is 10.0 Å².